The zero-order valence-corrected chi connectivity index (χ0v) is 12.6. The van der Waals surface area contributed by atoms with Gasteiger partial charge in [-0.25, -0.2) is 0 Å². The molecule has 0 bridgehead atoms. The number of morpholine rings is 1. The summed E-state index contributed by atoms with van der Waals surface area (Å²) in [5.41, 5.74) is 1.61. The van der Waals surface area contributed by atoms with Crippen LogP contribution in [0.4, 0.5) is 0 Å². The Bertz CT molecular complexity index is 653. The molecule has 1 atom stereocenters. The highest BCUT2D eigenvalue weighted by Crippen LogP contribution is 2.27. The lowest BCUT2D eigenvalue weighted by molar-refractivity contribution is -0.00462. The van der Waals surface area contributed by atoms with Crippen molar-refractivity contribution in [2.24, 2.45) is 7.05 Å². The third-order valence-electron chi connectivity index (χ3n) is 3.82. The van der Waals surface area contributed by atoms with E-state index in [0.29, 0.717) is 30.3 Å². The van der Waals surface area contributed by atoms with E-state index in [2.05, 4.69) is 0 Å². The molecule has 1 aliphatic heterocycles. The molecule has 0 aliphatic carbocycles. The van der Waals surface area contributed by atoms with Crippen molar-refractivity contribution in [3.63, 3.8) is 0 Å². The number of hydrogen-bond acceptors (Lipinski definition) is 2. The highest BCUT2D eigenvalue weighted by Gasteiger charge is 2.31. The van der Waals surface area contributed by atoms with E-state index in [0.717, 1.165) is 5.69 Å². The summed E-state index contributed by atoms with van der Waals surface area (Å²) in [6.45, 7) is 1.63. The molecule has 21 heavy (non-hydrogen) atoms. The molecule has 1 aromatic carbocycles. The lowest BCUT2D eigenvalue weighted by Crippen LogP contribution is -2.44. The van der Waals surface area contributed by atoms with E-state index in [-0.39, 0.29) is 11.9 Å². The summed E-state index contributed by atoms with van der Waals surface area (Å²) < 4.78 is 7.59. The maximum atomic E-state index is 12.8. The number of carbonyl (C=O) groups excluding carboxylic acids is 1. The first-order chi connectivity index (χ1) is 10.2. The standard InChI is InChI=1S/C16H17ClN2O2/c1-18-8-4-7-14(18)15-11-21-10-9-19(15)16(20)12-5-2-3-6-13(12)17/h2-8,15H,9-11H2,1H3/t15-/m1/s1. The average Bonchev–Trinajstić information content (AvgIpc) is 2.93. The van der Waals surface area contributed by atoms with Crippen molar-refractivity contribution >= 4 is 17.5 Å². The molecule has 4 nitrogen and oxygen atoms in total. The van der Waals surface area contributed by atoms with E-state index < -0.39 is 0 Å². The van der Waals surface area contributed by atoms with Crippen LogP contribution < -0.4 is 0 Å². The third kappa shape index (κ3) is 2.69. The summed E-state index contributed by atoms with van der Waals surface area (Å²) in [6.07, 6.45) is 1.97. The number of aromatic nitrogens is 1. The van der Waals surface area contributed by atoms with Gasteiger partial charge in [0.25, 0.3) is 5.91 Å². The van der Waals surface area contributed by atoms with Crippen LogP contribution in [-0.4, -0.2) is 35.1 Å². The molecule has 3 rings (SSSR count). The fraction of sp³-hybridized carbons (Fsp3) is 0.312. The van der Waals surface area contributed by atoms with Crippen molar-refractivity contribution < 1.29 is 9.53 Å². The van der Waals surface area contributed by atoms with Crippen LogP contribution in [0.2, 0.25) is 5.02 Å². The van der Waals surface area contributed by atoms with Crippen LogP contribution in [0.1, 0.15) is 22.1 Å². The van der Waals surface area contributed by atoms with Crippen LogP contribution >= 0.6 is 11.6 Å². The minimum atomic E-state index is -0.0810. The number of amides is 1. The van der Waals surface area contributed by atoms with Crippen molar-refractivity contribution in [2.45, 2.75) is 6.04 Å². The Morgan fingerprint density at radius 1 is 1.29 bits per heavy atom. The van der Waals surface area contributed by atoms with Gasteiger partial charge in [0.2, 0.25) is 0 Å². The van der Waals surface area contributed by atoms with Crippen LogP contribution in [0.5, 0.6) is 0 Å². The van der Waals surface area contributed by atoms with Gasteiger partial charge in [0.05, 0.1) is 29.8 Å². The number of carbonyl (C=O) groups is 1. The Labute approximate surface area is 128 Å². The van der Waals surface area contributed by atoms with E-state index in [9.17, 15) is 4.79 Å². The Kier molecular flexibility index (Phi) is 3.99. The number of halogens is 1. The van der Waals surface area contributed by atoms with Gasteiger partial charge < -0.3 is 14.2 Å². The highest BCUT2D eigenvalue weighted by atomic mass is 35.5. The van der Waals surface area contributed by atoms with Gasteiger partial charge >= 0.3 is 0 Å². The number of rotatable bonds is 2. The molecule has 1 aliphatic rings. The Hall–Kier alpha value is -1.78. The van der Waals surface area contributed by atoms with E-state index in [1.165, 1.54) is 0 Å². The van der Waals surface area contributed by atoms with E-state index in [1.54, 1.807) is 12.1 Å². The van der Waals surface area contributed by atoms with E-state index in [4.69, 9.17) is 16.3 Å². The zero-order valence-electron chi connectivity index (χ0n) is 11.8. The van der Waals surface area contributed by atoms with Gasteiger partial charge in [-0.2, -0.15) is 0 Å². The molecule has 0 N–H and O–H groups in total. The summed E-state index contributed by atoms with van der Waals surface area (Å²) in [4.78, 5) is 14.7. The van der Waals surface area contributed by atoms with Crippen LogP contribution in [0.3, 0.4) is 0 Å². The molecule has 2 heterocycles. The zero-order chi connectivity index (χ0) is 14.8. The molecule has 1 saturated heterocycles. The van der Waals surface area contributed by atoms with Gasteiger partial charge in [-0.1, -0.05) is 23.7 Å². The van der Waals surface area contributed by atoms with Crippen molar-refractivity contribution in [3.8, 4) is 0 Å². The van der Waals surface area contributed by atoms with Gasteiger partial charge in [0.1, 0.15) is 0 Å². The number of nitrogens with zero attached hydrogens (tertiary/aromatic N) is 2. The summed E-state index contributed by atoms with van der Waals surface area (Å²) >= 11 is 6.16. The van der Waals surface area contributed by atoms with Crippen molar-refractivity contribution in [1.82, 2.24) is 9.47 Å². The molecule has 0 unspecified atom stereocenters. The number of aryl methyl sites for hydroxylation is 1. The van der Waals surface area contributed by atoms with E-state index in [1.807, 2.05) is 47.0 Å². The Balaban J connectivity index is 1.93. The van der Waals surface area contributed by atoms with Gasteiger partial charge in [0.15, 0.2) is 0 Å². The van der Waals surface area contributed by atoms with Gasteiger partial charge in [-0.15, -0.1) is 0 Å². The minimum Gasteiger partial charge on any atom is -0.377 e. The lowest BCUT2D eigenvalue weighted by Gasteiger charge is -2.36. The molecule has 0 radical (unpaired) electrons. The van der Waals surface area contributed by atoms with Crippen LogP contribution in [-0.2, 0) is 11.8 Å². The monoisotopic (exact) mass is 304 g/mol. The van der Waals surface area contributed by atoms with Crippen molar-refractivity contribution in [1.29, 1.82) is 0 Å². The van der Waals surface area contributed by atoms with Gasteiger partial charge in [-0.3, -0.25) is 4.79 Å². The Morgan fingerprint density at radius 2 is 2.10 bits per heavy atom. The number of ether oxygens (including phenoxy) is 1. The minimum absolute atomic E-state index is 0.0462. The molecule has 0 spiro atoms. The SMILES string of the molecule is Cn1cccc1[C@H]1COCCN1C(=O)c1ccccc1Cl. The summed E-state index contributed by atoms with van der Waals surface area (Å²) in [6, 6.07) is 11.1. The molecule has 1 aromatic heterocycles. The topological polar surface area (TPSA) is 34.5 Å². The molecule has 5 heteroatoms. The van der Waals surface area contributed by atoms with Crippen molar-refractivity contribution in [3.05, 3.63) is 58.9 Å². The molecule has 1 amide bonds. The first-order valence-electron chi connectivity index (χ1n) is 6.93. The second-order valence-corrected chi connectivity index (χ2v) is 5.52. The summed E-state index contributed by atoms with van der Waals surface area (Å²) in [7, 11) is 1.97. The van der Waals surface area contributed by atoms with Gasteiger partial charge in [-0.05, 0) is 24.3 Å². The maximum absolute atomic E-state index is 12.8. The number of benzene rings is 1. The first-order valence-corrected chi connectivity index (χ1v) is 7.31. The van der Waals surface area contributed by atoms with Crippen LogP contribution in [0.15, 0.2) is 42.6 Å². The predicted octanol–water partition coefficient (Wildman–Crippen LogP) is 2.89. The quantitative estimate of drug-likeness (QED) is 0.855. The predicted molar refractivity (Wildman–Crippen MR) is 81.5 cm³/mol. The fourth-order valence-corrected chi connectivity index (χ4v) is 2.92. The molecular weight excluding hydrogens is 288 g/mol. The summed E-state index contributed by atoms with van der Waals surface area (Å²) in [5, 5.41) is 0.486. The van der Waals surface area contributed by atoms with Crippen LogP contribution in [0, 0.1) is 0 Å². The second-order valence-electron chi connectivity index (χ2n) is 5.11. The Morgan fingerprint density at radius 3 is 2.81 bits per heavy atom. The highest BCUT2D eigenvalue weighted by molar-refractivity contribution is 6.33. The van der Waals surface area contributed by atoms with Crippen molar-refractivity contribution in [2.75, 3.05) is 19.8 Å². The number of hydrogen-bond donors (Lipinski definition) is 0. The molecule has 0 saturated carbocycles. The normalized spacial score (nSPS) is 18.8. The lowest BCUT2D eigenvalue weighted by atomic mass is 10.1. The molecule has 2 aromatic rings. The van der Waals surface area contributed by atoms with Crippen LogP contribution in [0.25, 0.3) is 0 Å². The summed E-state index contributed by atoms with van der Waals surface area (Å²) in [5.74, 6) is -0.0462. The first kappa shape index (κ1) is 14.2. The molecular formula is C16H17ClN2O2. The average molecular weight is 305 g/mol. The largest absolute Gasteiger partial charge is 0.377 e. The fourth-order valence-electron chi connectivity index (χ4n) is 2.70. The second kappa shape index (κ2) is 5.92. The maximum Gasteiger partial charge on any atom is 0.256 e. The third-order valence-corrected chi connectivity index (χ3v) is 4.15. The molecule has 1 fully saturated rings. The smallest absolute Gasteiger partial charge is 0.256 e. The van der Waals surface area contributed by atoms with Gasteiger partial charge in [0, 0.05) is 25.5 Å². The van der Waals surface area contributed by atoms with E-state index >= 15 is 0 Å². The molecule has 110 valence electrons.